The first kappa shape index (κ1) is 17.4. The Labute approximate surface area is 134 Å². The highest BCUT2D eigenvalue weighted by atomic mass is 19.2. The Kier molecular flexibility index (Phi) is 5.69. The second kappa shape index (κ2) is 7.53. The zero-order chi connectivity index (χ0) is 17.0. The maximum absolute atomic E-state index is 13.3. The van der Waals surface area contributed by atoms with E-state index in [9.17, 15) is 18.4 Å². The number of hydrogen-bond acceptors (Lipinski definition) is 2. The van der Waals surface area contributed by atoms with Crippen LogP contribution in [0.15, 0.2) is 18.2 Å². The van der Waals surface area contributed by atoms with Crippen molar-refractivity contribution in [2.75, 3.05) is 19.6 Å². The van der Waals surface area contributed by atoms with Crippen LogP contribution in [0.5, 0.6) is 0 Å². The molecule has 0 bridgehead atoms. The summed E-state index contributed by atoms with van der Waals surface area (Å²) >= 11 is 0. The lowest BCUT2D eigenvalue weighted by molar-refractivity contribution is -0.124. The third-order valence-electron chi connectivity index (χ3n) is 4.06. The first-order valence-electron chi connectivity index (χ1n) is 7.90. The van der Waals surface area contributed by atoms with Gasteiger partial charge >= 0.3 is 0 Å². The molecular formula is C17H22F2N2O2. The highest BCUT2D eigenvalue weighted by Gasteiger charge is 2.25. The lowest BCUT2D eigenvalue weighted by Crippen LogP contribution is -2.44. The third kappa shape index (κ3) is 4.50. The molecule has 1 atom stereocenters. The van der Waals surface area contributed by atoms with Gasteiger partial charge in [0.05, 0.1) is 0 Å². The van der Waals surface area contributed by atoms with E-state index < -0.39 is 11.6 Å². The number of halogens is 2. The van der Waals surface area contributed by atoms with E-state index in [0.29, 0.717) is 19.6 Å². The van der Waals surface area contributed by atoms with Crippen LogP contribution in [-0.4, -0.2) is 36.3 Å². The standard InChI is InChI=1S/C17H22F2N2O2/c1-11(2)16(22)20-9-12-4-3-7-21(10-12)17(23)13-5-6-14(18)15(19)8-13/h5-6,8,11-12H,3-4,7,9-10H2,1-2H3,(H,20,22)/t12-/m0/s1. The fourth-order valence-electron chi connectivity index (χ4n) is 2.68. The van der Waals surface area contributed by atoms with Crippen LogP contribution in [0.2, 0.25) is 0 Å². The van der Waals surface area contributed by atoms with Crippen LogP contribution in [-0.2, 0) is 4.79 Å². The molecule has 0 aliphatic carbocycles. The molecule has 2 amide bonds. The fourth-order valence-corrected chi connectivity index (χ4v) is 2.68. The minimum Gasteiger partial charge on any atom is -0.356 e. The van der Waals surface area contributed by atoms with Gasteiger partial charge in [-0.2, -0.15) is 0 Å². The summed E-state index contributed by atoms with van der Waals surface area (Å²) in [5.41, 5.74) is 0.149. The lowest BCUT2D eigenvalue weighted by atomic mass is 9.97. The van der Waals surface area contributed by atoms with Crippen molar-refractivity contribution in [3.05, 3.63) is 35.4 Å². The molecule has 1 heterocycles. The highest BCUT2D eigenvalue weighted by molar-refractivity contribution is 5.94. The summed E-state index contributed by atoms with van der Waals surface area (Å²) < 4.78 is 26.2. The largest absolute Gasteiger partial charge is 0.356 e. The van der Waals surface area contributed by atoms with Gasteiger partial charge in [-0.3, -0.25) is 9.59 Å². The summed E-state index contributed by atoms with van der Waals surface area (Å²) in [5.74, 6) is -2.18. The molecule has 2 rings (SSSR count). The van der Waals surface area contributed by atoms with Crippen LogP contribution in [0.1, 0.15) is 37.0 Å². The maximum Gasteiger partial charge on any atom is 0.253 e. The number of carbonyl (C=O) groups is 2. The number of benzene rings is 1. The first-order valence-corrected chi connectivity index (χ1v) is 7.90. The van der Waals surface area contributed by atoms with E-state index in [-0.39, 0.29) is 29.2 Å². The number of nitrogens with zero attached hydrogens (tertiary/aromatic N) is 1. The number of amides is 2. The summed E-state index contributed by atoms with van der Waals surface area (Å²) in [6.07, 6.45) is 1.76. The van der Waals surface area contributed by atoms with Gasteiger partial charge in [0, 0.05) is 31.1 Å². The van der Waals surface area contributed by atoms with Gasteiger partial charge < -0.3 is 10.2 Å². The van der Waals surface area contributed by atoms with Crippen molar-refractivity contribution in [1.29, 1.82) is 0 Å². The summed E-state index contributed by atoms with van der Waals surface area (Å²) in [6.45, 7) is 5.28. The number of piperidine rings is 1. The predicted molar refractivity (Wildman–Crippen MR) is 82.8 cm³/mol. The van der Waals surface area contributed by atoms with E-state index in [1.165, 1.54) is 6.07 Å². The van der Waals surface area contributed by atoms with E-state index in [0.717, 1.165) is 25.0 Å². The topological polar surface area (TPSA) is 49.4 Å². The molecule has 0 unspecified atom stereocenters. The van der Waals surface area contributed by atoms with Crippen molar-refractivity contribution < 1.29 is 18.4 Å². The molecule has 1 N–H and O–H groups in total. The van der Waals surface area contributed by atoms with Gasteiger partial charge in [0.15, 0.2) is 11.6 Å². The van der Waals surface area contributed by atoms with Gasteiger partial charge in [0.2, 0.25) is 5.91 Å². The van der Waals surface area contributed by atoms with Gasteiger partial charge in [0.25, 0.3) is 5.91 Å². The number of likely N-dealkylation sites (tertiary alicyclic amines) is 1. The van der Waals surface area contributed by atoms with Crippen LogP contribution in [0.25, 0.3) is 0 Å². The molecule has 126 valence electrons. The Morgan fingerprint density at radius 2 is 2.04 bits per heavy atom. The van der Waals surface area contributed by atoms with Crippen molar-refractivity contribution in [2.45, 2.75) is 26.7 Å². The maximum atomic E-state index is 13.3. The fraction of sp³-hybridized carbons (Fsp3) is 0.529. The van der Waals surface area contributed by atoms with Crippen molar-refractivity contribution in [2.24, 2.45) is 11.8 Å². The summed E-state index contributed by atoms with van der Waals surface area (Å²) in [5, 5.41) is 2.88. The number of rotatable bonds is 4. The van der Waals surface area contributed by atoms with E-state index in [1.807, 2.05) is 13.8 Å². The van der Waals surface area contributed by atoms with Crippen LogP contribution in [0, 0.1) is 23.5 Å². The van der Waals surface area contributed by atoms with Crippen molar-refractivity contribution in [3.63, 3.8) is 0 Å². The third-order valence-corrected chi connectivity index (χ3v) is 4.06. The number of hydrogen-bond donors (Lipinski definition) is 1. The van der Waals surface area contributed by atoms with E-state index in [1.54, 1.807) is 4.90 Å². The molecule has 6 heteroatoms. The molecule has 0 radical (unpaired) electrons. The Bertz CT molecular complexity index is 590. The molecule has 1 saturated heterocycles. The minimum atomic E-state index is -1.02. The molecule has 4 nitrogen and oxygen atoms in total. The summed E-state index contributed by atoms with van der Waals surface area (Å²) in [7, 11) is 0. The van der Waals surface area contributed by atoms with Crippen molar-refractivity contribution in [1.82, 2.24) is 10.2 Å². The van der Waals surface area contributed by atoms with Crippen LogP contribution >= 0.6 is 0 Å². The van der Waals surface area contributed by atoms with Crippen LogP contribution in [0.4, 0.5) is 8.78 Å². The second-order valence-electron chi connectivity index (χ2n) is 6.29. The van der Waals surface area contributed by atoms with Gasteiger partial charge in [-0.15, -0.1) is 0 Å². The van der Waals surface area contributed by atoms with Crippen molar-refractivity contribution >= 4 is 11.8 Å². The predicted octanol–water partition coefficient (Wildman–Crippen LogP) is 2.59. The molecule has 1 aliphatic rings. The number of carbonyl (C=O) groups excluding carboxylic acids is 2. The Morgan fingerprint density at radius 3 is 2.70 bits per heavy atom. The van der Waals surface area contributed by atoms with Crippen LogP contribution in [0.3, 0.4) is 0 Å². The molecule has 0 aromatic heterocycles. The van der Waals surface area contributed by atoms with Gasteiger partial charge in [-0.25, -0.2) is 8.78 Å². The minimum absolute atomic E-state index is 0.00550. The normalized spacial score (nSPS) is 18.1. The average Bonchev–Trinajstić information content (AvgIpc) is 2.54. The molecular weight excluding hydrogens is 302 g/mol. The van der Waals surface area contributed by atoms with Gasteiger partial charge in [-0.05, 0) is 37.0 Å². The first-order chi connectivity index (χ1) is 10.9. The Balaban J connectivity index is 1.96. The molecule has 1 fully saturated rings. The summed E-state index contributed by atoms with van der Waals surface area (Å²) in [6, 6.07) is 3.19. The quantitative estimate of drug-likeness (QED) is 0.925. The molecule has 1 aromatic rings. The second-order valence-corrected chi connectivity index (χ2v) is 6.29. The van der Waals surface area contributed by atoms with Gasteiger partial charge in [-0.1, -0.05) is 13.8 Å². The van der Waals surface area contributed by atoms with Crippen molar-refractivity contribution in [3.8, 4) is 0 Å². The zero-order valence-corrected chi connectivity index (χ0v) is 13.4. The molecule has 1 aromatic carbocycles. The lowest BCUT2D eigenvalue weighted by Gasteiger charge is -2.33. The van der Waals surface area contributed by atoms with E-state index in [2.05, 4.69) is 5.32 Å². The summed E-state index contributed by atoms with van der Waals surface area (Å²) in [4.78, 5) is 25.7. The monoisotopic (exact) mass is 324 g/mol. The number of nitrogens with one attached hydrogen (secondary N) is 1. The molecule has 1 aliphatic heterocycles. The molecule has 23 heavy (non-hydrogen) atoms. The van der Waals surface area contributed by atoms with E-state index >= 15 is 0 Å². The average molecular weight is 324 g/mol. The van der Waals surface area contributed by atoms with Gasteiger partial charge in [0.1, 0.15) is 0 Å². The Hall–Kier alpha value is -1.98. The molecule has 0 saturated carbocycles. The van der Waals surface area contributed by atoms with E-state index in [4.69, 9.17) is 0 Å². The SMILES string of the molecule is CC(C)C(=O)NC[C@@H]1CCCN(C(=O)c2ccc(F)c(F)c2)C1. The Morgan fingerprint density at radius 1 is 1.30 bits per heavy atom. The molecule has 0 spiro atoms. The van der Waals surface area contributed by atoms with Crippen LogP contribution < -0.4 is 5.32 Å². The zero-order valence-electron chi connectivity index (χ0n) is 13.4. The highest BCUT2D eigenvalue weighted by Crippen LogP contribution is 2.19. The smallest absolute Gasteiger partial charge is 0.253 e.